The smallest absolute Gasteiger partial charge is 0.243 e. The molecule has 174 valence electrons. The van der Waals surface area contributed by atoms with Crippen molar-refractivity contribution in [2.24, 2.45) is 5.92 Å². The number of sulfonamides is 1. The highest BCUT2D eigenvalue weighted by molar-refractivity contribution is 7.89. The van der Waals surface area contributed by atoms with Crippen molar-refractivity contribution in [2.45, 2.75) is 64.9 Å². The number of hydrogen-bond donors (Lipinski definition) is 1. The monoisotopic (exact) mass is 461 g/mol. The van der Waals surface area contributed by atoms with Gasteiger partial charge in [0.05, 0.1) is 17.8 Å². The number of carbonyl (C=O) groups excluding carboxylic acids is 1. The minimum atomic E-state index is -3.70. The van der Waals surface area contributed by atoms with E-state index in [0.29, 0.717) is 34.8 Å². The van der Waals surface area contributed by atoms with E-state index in [1.807, 2.05) is 25.1 Å². The molecule has 5 nitrogen and oxygen atoms in total. The average molecular weight is 462 g/mol. The van der Waals surface area contributed by atoms with Crippen molar-refractivity contribution in [3.05, 3.63) is 53.3 Å². The summed E-state index contributed by atoms with van der Waals surface area (Å²) in [5.74, 6) is 0.332. The van der Waals surface area contributed by atoms with Crippen LogP contribution in [0.15, 0.2) is 36.4 Å². The molecule has 1 aliphatic carbocycles. The van der Waals surface area contributed by atoms with Crippen molar-refractivity contribution in [1.29, 1.82) is 0 Å². The van der Waals surface area contributed by atoms with Gasteiger partial charge in [-0.1, -0.05) is 32.0 Å². The standard InChI is InChI=1S/C25H32FNO4S/c1-6-19-20(8-7-9-22(19)26)21-15-17(25(3,4)24(28)27-32(5,29)30)11-13-23(21)31-18-12-10-16(2)14-18/h7-9,11,13,15-16,18H,6,10,12,14H2,1-5H3,(H,27,28)/t16-,18-/m1/s1. The molecule has 1 fully saturated rings. The summed E-state index contributed by atoms with van der Waals surface area (Å²) in [6, 6.07) is 10.4. The van der Waals surface area contributed by atoms with Crippen LogP contribution in [0.4, 0.5) is 4.39 Å². The molecule has 0 radical (unpaired) electrons. The van der Waals surface area contributed by atoms with E-state index in [0.717, 1.165) is 31.1 Å². The number of halogens is 1. The number of benzene rings is 2. The Morgan fingerprint density at radius 2 is 1.91 bits per heavy atom. The fourth-order valence-corrected chi connectivity index (χ4v) is 4.86. The van der Waals surface area contributed by atoms with E-state index in [9.17, 15) is 17.6 Å². The van der Waals surface area contributed by atoms with E-state index in [2.05, 4.69) is 11.6 Å². The minimum Gasteiger partial charge on any atom is -0.490 e. The molecule has 1 amide bonds. The summed E-state index contributed by atoms with van der Waals surface area (Å²) < 4.78 is 46.2. The van der Waals surface area contributed by atoms with Crippen molar-refractivity contribution in [3.63, 3.8) is 0 Å². The summed E-state index contributed by atoms with van der Waals surface area (Å²) in [5, 5.41) is 0. The van der Waals surface area contributed by atoms with Crippen LogP contribution >= 0.6 is 0 Å². The summed E-state index contributed by atoms with van der Waals surface area (Å²) in [6.45, 7) is 7.43. The van der Waals surface area contributed by atoms with Gasteiger partial charge in [0.2, 0.25) is 15.9 Å². The zero-order chi connectivity index (χ0) is 23.7. The largest absolute Gasteiger partial charge is 0.490 e. The summed E-state index contributed by atoms with van der Waals surface area (Å²) in [6.07, 6.45) is 4.59. The first-order valence-corrected chi connectivity index (χ1v) is 12.9. The van der Waals surface area contributed by atoms with E-state index in [-0.39, 0.29) is 11.9 Å². The molecule has 2 aromatic rings. The van der Waals surface area contributed by atoms with Gasteiger partial charge in [0.25, 0.3) is 0 Å². The lowest BCUT2D eigenvalue weighted by Gasteiger charge is -2.26. The number of nitrogens with one attached hydrogen (secondary N) is 1. The summed E-state index contributed by atoms with van der Waals surface area (Å²) >= 11 is 0. The number of carbonyl (C=O) groups is 1. The maximum Gasteiger partial charge on any atom is 0.243 e. The van der Waals surface area contributed by atoms with Crippen LogP contribution < -0.4 is 9.46 Å². The molecule has 1 aliphatic rings. The van der Waals surface area contributed by atoms with E-state index in [4.69, 9.17) is 4.74 Å². The van der Waals surface area contributed by atoms with Crippen molar-refractivity contribution in [3.8, 4) is 16.9 Å². The van der Waals surface area contributed by atoms with Gasteiger partial charge < -0.3 is 4.74 Å². The van der Waals surface area contributed by atoms with Gasteiger partial charge in [-0.25, -0.2) is 12.8 Å². The van der Waals surface area contributed by atoms with Gasteiger partial charge in [0, 0.05) is 5.56 Å². The van der Waals surface area contributed by atoms with Crippen LogP contribution in [0, 0.1) is 11.7 Å². The lowest BCUT2D eigenvalue weighted by Crippen LogP contribution is -2.42. The van der Waals surface area contributed by atoms with Crippen molar-refractivity contribution < 1.29 is 22.3 Å². The number of ether oxygens (including phenoxy) is 1. The fourth-order valence-electron chi connectivity index (χ4n) is 4.27. The Kier molecular flexibility index (Phi) is 6.98. The molecule has 1 saturated carbocycles. The lowest BCUT2D eigenvalue weighted by atomic mass is 9.82. The van der Waals surface area contributed by atoms with E-state index in [1.165, 1.54) is 6.07 Å². The molecule has 7 heteroatoms. The molecule has 0 unspecified atom stereocenters. The van der Waals surface area contributed by atoms with E-state index in [1.54, 1.807) is 26.0 Å². The summed E-state index contributed by atoms with van der Waals surface area (Å²) in [5.41, 5.74) is 1.49. The topological polar surface area (TPSA) is 72.5 Å². The van der Waals surface area contributed by atoms with Crippen LogP contribution in [0.1, 0.15) is 58.1 Å². The Hall–Kier alpha value is -2.41. The second kappa shape index (κ2) is 9.22. The summed E-state index contributed by atoms with van der Waals surface area (Å²) in [7, 11) is -3.70. The van der Waals surface area contributed by atoms with Gasteiger partial charge in [-0.05, 0) is 80.3 Å². The summed E-state index contributed by atoms with van der Waals surface area (Å²) in [4.78, 5) is 12.7. The van der Waals surface area contributed by atoms with Gasteiger partial charge in [0.1, 0.15) is 11.6 Å². The van der Waals surface area contributed by atoms with Crippen LogP contribution in [0.3, 0.4) is 0 Å². The second-order valence-electron chi connectivity index (χ2n) is 9.32. The molecular weight excluding hydrogens is 429 g/mol. The Morgan fingerprint density at radius 1 is 1.19 bits per heavy atom. The Morgan fingerprint density at radius 3 is 2.50 bits per heavy atom. The SMILES string of the molecule is CCc1c(F)cccc1-c1cc(C(C)(C)C(=O)NS(C)(=O)=O)ccc1O[C@@H]1CC[C@@H](C)C1. The third-order valence-electron chi connectivity index (χ3n) is 6.25. The molecule has 3 rings (SSSR count). The Bertz CT molecular complexity index is 1110. The Balaban J connectivity index is 2.11. The molecular formula is C25H32FNO4S. The van der Waals surface area contributed by atoms with Crippen LogP contribution in [0.2, 0.25) is 0 Å². The minimum absolute atomic E-state index is 0.0924. The van der Waals surface area contributed by atoms with Crippen molar-refractivity contribution >= 4 is 15.9 Å². The first-order chi connectivity index (χ1) is 14.9. The molecule has 0 aliphatic heterocycles. The van der Waals surface area contributed by atoms with E-state index >= 15 is 0 Å². The van der Waals surface area contributed by atoms with Gasteiger partial charge in [0.15, 0.2) is 0 Å². The van der Waals surface area contributed by atoms with Crippen LogP contribution in [-0.4, -0.2) is 26.7 Å². The molecule has 0 saturated heterocycles. The zero-order valence-corrected chi connectivity index (χ0v) is 20.2. The van der Waals surface area contributed by atoms with Crippen LogP contribution in [0.25, 0.3) is 11.1 Å². The average Bonchev–Trinajstić information content (AvgIpc) is 3.11. The van der Waals surface area contributed by atoms with Crippen molar-refractivity contribution in [2.75, 3.05) is 6.26 Å². The lowest BCUT2D eigenvalue weighted by molar-refractivity contribution is -0.123. The quantitative estimate of drug-likeness (QED) is 0.631. The number of hydrogen-bond acceptors (Lipinski definition) is 4. The van der Waals surface area contributed by atoms with E-state index < -0.39 is 21.3 Å². The molecule has 0 heterocycles. The third-order valence-corrected chi connectivity index (χ3v) is 6.81. The van der Waals surface area contributed by atoms with Gasteiger partial charge >= 0.3 is 0 Å². The normalized spacial score (nSPS) is 19.1. The Labute approximate surface area is 190 Å². The van der Waals surface area contributed by atoms with Gasteiger partial charge in [-0.3, -0.25) is 9.52 Å². The molecule has 1 N–H and O–H groups in total. The first-order valence-electron chi connectivity index (χ1n) is 11.0. The van der Waals surface area contributed by atoms with Gasteiger partial charge in [-0.15, -0.1) is 0 Å². The third kappa shape index (κ3) is 5.31. The number of rotatable bonds is 7. The maximum absolute atomic E-state index is 14.6. The fraction of sp³-hybridized carbons (Fsp3) is 0.480. The highest BCUT2D eigenvalue weighted by atomic mass is 32.2. The molecule has 0 bridgehead atoms. The highest BCUT2D eigenvalue weighted by Crippen LogP contribution is 2.39. The van der Waals surface area contributed by atoms with Gasteiger partial charge in [-0.2, -0.15) is 0 Å². The molecule has 2 aromatic carbocycles. The molecule has 0 aromatic heterocycles. The predicted molar refractivity (Wildman–Crippen MR) is 125 cm³/mol. The molecule has 32 heavy (non-hydrogen) atoms. The second-order valence-corrected chi connectivity index (χ2v) is 11.1. The highest BCUT2D eigenvalue weighted by Gasteiger charge is 2.33. The maximum atomic E-state index is 14.6. The number of amides is 1. The zero-order valence-electron chi connectivity index (χ0n) is 19.4. The first kappa shape index (κ1) is 24.2. The predicted octanol–water partition coefficient (Wildman–Crippen LogP) is 4.98. The van der Waals surface area contributed by atoms with Crippen LogP contribution in [0.5, 0.6) is 5.75 Å². The van der Waals surface area contributed by atoms with Crippen LogP contribution in [-0.2, 0) is 26.7 Å². The molecule has 0 spiro atoms. The molecule has 2 atom stereocenters. The van der Waals surface area contributed by atoms with Crippen molar-refractivity contribution in [1.82, 2.24) is 4.72 Å².